The molecule has 0 saturated heterocycles. The molecule has 0 saturated carbocycles. The highest BCUT2D eigenvalue weighted by Gasteiger charge is 2.07. The molecule has 4 nitrogen and oxygen atoms in total. The number of unbranched alkanes of at least 4 members (excludes halogenated alkanes) is 3. The largest absolute Gasteiger partial charge is 0.478 e. The maximum atomic E-state index is 10.8. The minimum Gasteiger partial charge on any atom is -0.478 e. The number of carboxylic acids is 1. The molecule has 0 heterocycles. The van der Waals surface area contributed by atoms with Gasteiger partial charge in [-0.3, -0.25) is 0 Å². The van der Waals surface area contributed by atoms with Gasteiger partial charge in [-0.25, -0.2) is 4.79 Å². The first-order chi connectivity index (χ1) is 9.15. The topological polar surface area (TPSA) is 75.3 Å². The molecule has 0 aromatic heterocycles. The number of carbonyl (C=O) groups is 1. The maximum Gasteiger partial charge on any atom is 0.337 e. The number of hydrogen-bond donors (Lipinski definition) is 3. The maximum absolute atomic E-state index is 10.8. The van der Waals surface area contributed by atoms with Gasteiger partial charge < -0.3 is 16.2 Å². The van der Waals surface area contributed by atoms with Gasteiger partial charge in [-0.15, -0.1) is 0 Å². The van der Waals surface area contributed by atoms with Gasteiger partial charge in [0.15, 0.2) is 0 Å². The number of rotatable bonds is 9. The standard InChI is InChI=1S/C14H22N2O2S/c1-19-9-5-3-2-4-8-16-11-6-7-12(14(17)18)13(15)10-11/h6-7,10,16H,2-5,8-9,15H2,1H3,(H,17,18). The predicted octanol–water partition coefficient (Wildman–Crippen LogP) is 3.30. The number of thioether (sulfide) groups is 1. The minimum atomic E-state index is -0.988. The lowest BCUT2D eigenvalue weighted by Gasteiger charge is -2.08. The van der Waals surface area contributed by atoms with Crippen molar-refractivity contribution in [1.82, 2.24) is 0 Å². The van der Waals surface area contributed by atoms with Crippen LogP contribution in [0.2, 0.25) is 0 Å². The molecule has 106 valence electrons. The highest BCUT2D eigenvalue weighted by atomic mass is 32.2. The molecule has 0 amide bonds. The summed E-state index contributed by atoms with van der Waals surface area (Å²) in [7, 11) is 0. The third-order valence-electron chi connectivity index (χ3n) is 2.89. The van der Waals surface area contributed by atoms with Gasteiger partial charge in [-0.2, -0.15) is 11.8 Å². The second-order valence-electron chi connectivity index (χ2n) is 4.44. The van der Waals surface area contributed by atoms with E-state index in [0.29, 0.717) is 5.69 Å². The third kappa shape index (κ3) is 5.87. The number of nitrogens with two attached hydrogens (primary N) is 1. The van der Waals surface area contributed by atoms with Crippen LogP contribution in [0.3, 0.4) is 0 Å². The quantitative estimate of drug-likeness (QED) is 0.478. The first-order valence-electron chi connectivity index (χ1n) is 6.50. The second kappa shape index (κ2) is 8.69. The number of nitrogens with one attached hydrogen (secondary N) is 1. The molecule has 1 aromatic rings. The first-order valence-corrected chi connectivity index (χ1v) is 7.90. The lowest BCUT2D eigenvalue weighted by molar-refractivity contribution is 0.0698. The van der Waals surface area contributed by atoms with Gasteiger partial charge in [-0.1, -0.05) is 12.8 Å². The molecule has 0 spiro atoms. The summed E-state index contributed by atoms with van der Waals surface area (Å²) in [4.78, 5) is 10.8. The van der Waals surface area contributed by atoms with E-state index in [0.717, 1.165) is 18.7 Å². The van der Waals surface area contributed by atoms with Gasteiger partial charge in [0.25, 0.3) is 0 Å². The van der Waals surface area contributed by atoms with Crippen LogP contribution in [-0.2, 0) is 0 Å². The van der Waals surface area contributed by atoms with Crippen LogP contribution in [0.25, 0.3) is 0 Å². The van der Waals surface area contributed by atoms with E-state index >= 15 is 0 Å². The van der Waals surface area contributed by atoms with Gasteiger partial charge >= 0.3 is 5.97 Å². The van der Waals surface area contributed by atoms with E-state index in [9.17, 15) is 4.79 Å². The van der Waals surface area contributed by atoms with Gasteiger partial charge in [0.2, 0.25) is 0 Å². The Kier molecular flexibility index (Phi) is 7.18. The number of carboxylic acid groups (broad SMARTS) is 1. The lowest BCUT2D eigenvalue weighted by Crippen LogP contribution is -2.05. The van der Waals surface area contributed by atoms with Gasteiger partial charge in [0.1, 0.15) is 0 Å². The van der Waals surface area contributed by atoms with Crippen molar-refractivity contribution in [2.45, 2.75) is 25.7 Å². The number of aromatic carboxylic acids is 1. The molecule has 0 atom stereocenters. The Balaban J connectivity index is 2.26. The SMILES string of the molecule is CSCCCCCCNc1ccc(C(=O)O)c(N)c1. The zero-order chi connectivity index (χ0) is 14.1. The van der Waals surface area contributed by atoms with Crippen LogP contribution in [0, 0.1) is 0 Å². The Morgan fingerprint density at radius 2 is 2.05 bits per heavy atom. The fourth-order valence-corrected chi connectivity index (χ4v) is 2.32. The Labute approximate surface area is 118 Å². The van der Waals surface area contributed by atoms with Crippen molar-refractivity contribution < 1.29 is 9.90 Å². The van der Waals surface area contributed by atoms with Crippen LogP contribution < -0.4 is 11.1 Å². The first kappa shape index (κ1) is 15.7. The molecule has 0 fully saturated rings. The van der Waals surface area contributed by atoms with E-state index in [1.165, 1.54) is 25.0 Å². The average Bonchev–Trinajstić information content (AvgIpc) is 2.37. The molecule has 0 aliphatic carbocycles. The van der Waals surface area contributed by atoms with Crippen LogP contribution in [0.4, 0.5) is 11.4 Å². The highest BCUT2D eigenvalue weighted by molar-refractivity contribution is 7.98. The summed E-state index contributed by atoms with van der Waals surface area (Å²) in [6.45, 7) is 0.894. The normalized spacial score (nSPS) is 10.4. The zero-order valence-corrected chi connectivity index (χ0v) is 12.1. The Hall–Kier alpha value is -1.36. The van der Waals surface area contributed by atoms with Gasteiger partial charge in [0.05, 0.1) is 5.56 Å². The zero-order valence-electron chi connectivity index (χ0n) is 11.3. The molecule has 0 aliphatic heterocycles. The predicted molar refractivity (Wildman–Crippen MR) is 83.2 cm³/mol. The van der Waals surface area contributed by atoms with E-state index < -0.39 is 5.97 Å². The summed E-state index contributed by atoms with van der Waals surface area (Å²) in [5, 5.41) is 12.1. The van der Waals surface area contributed by atoms with E-state index in [4.69, 9.17) is 10.8 Å². The molecule has 1 aromatic carbocycles. The summed E-state index contributed by atoms with van der Waals surface area (Å²) in [6, 6.07) is 4.98. The van der Waals surface area contributed by atoms with Gasteiger partial charge in [-0.05, 0) is 43.0 Å². The summed E-state index contributed by atoms with van der Waals surface area (Å²) in [5.41, 5.74) is 7.02. The lowest BCUT2D eigenvalue weighted by atomic mass is 10.1. The van der Waals surface area contributed by atoms with Crippen molar-refractivity contribution in [1.29, 1.82) is 0 Å². The monoisotopic (exact) mass is 282 g/mol. The van der Waals surface area contributed by atoms with Crippen molar-refractivity contribution in [3.63, 3.8) is 0 Å². The molecule has 0 bridgehead atoms. The molecule has 1 rings (SSSR count). The van der Waals surface area contributed by atoms with Gasteiger partial charge in [0, 0.05) is 17.9 Å². The smallest absolute Gasteiger partial charge is 0.337 e. The Morgan fingerprint density at radius 3 is 2.68 bits per heavy atom. The number of benzene rings is 1. The summed E-state index contributed by atoms with van der Waals surface area (Å²) in [6.07, 6.45) is 7.02. The summed E-state index contributed by atoms with van der Waals surface area (Å²) in [5.74, 6) is 0.249. The average molecular weight is 282 g/mol. The molecule has 4 N–H and O–H groups in total. The fraction of sp³-hybridized carbons (Fsp3) is 0.500. The minimum absolute atomic E-state index is 0.155. The molecule has 0 radical (unpaired) electrons. The van der Waals surface area contributed by atoms with Crippen LogP contribution in [0.5, 0.6) is 0 Å². The molecular weight excluding hydrogens is 260 g/mol. The van der Waals surface area contributed by atoms with E-state index in [1.54, 1.807) is 18.2 Å². The number of nitrogen functional groups attached to an aromatic ring is 1. The van der Waals surface area contributed by atoms with Crippen LogP contribution in [0.1, 0.15) is 36.0 Å². The van der Waals surface area contributed by atoms with E-state index in [2.05, 4.69) is 11.6 Å². The van der Waals surface area contributed by atoms with Crippen molar-refractivity contribution >= 4 is 29.1 Å². The van der Waals surface area contributed by atoms with Crippen molar-refractivity contribution in [3.05, 3.63) is 23.8 Å². The Bertz CT molecular complexity index is 410. The molecular formula is C14H22N2O2S. The van der Waals surface area contributed by atoms with Crippen molar-refractivity contribution in [3.8, 4) is 0 Å². The van der Waals surface area contributed by atoms with E-state index in [-0.39, 0.29) is 5.56 Å². The summed E-state index contributed by atoms with van der Waals surface area (Å²) < 4.78 is 0. The van der Waals surface area contributed by atoms with Crippen LogP contribution in [0.15, 0.2) is 18.2 Å². The van der Waals surface area contributed by atoms with Crippen LogP contribution in [-0.4, -0.2) is 29.6 Å². The summed E-state index contributed by atoms with van der Waals surface area (Å²) >= 11 is 1.89. The van der Waals surface area contributed by atoms with Crippen molar-refractivity contribution in [2.24, 2.45) is 0 Å². The fourth-order valence-electron chi connectivity index (χ4n) is 1.83. The molecule has 19 heavy (non-hydrogen) atoms. The van der Waals surface area contributed by atoms with Crippen LogP contribution >= 0.6 is 11.8 Å². The molecule has 0 aliphatic rings. The van der Waals surface area contributed by atoms with E-state index in [1.807, 2.05) is 11.8 Å². The highest BCUT2D eigenvalue weighted by Crippen LogP contribution is 2.18. The Morgan fingerprint density at radius 1 is 1.32 bits per heavy atom. The third-order valence-corrected chi connectivity index (χ3v) is 3.58. The van der Waals surface area contributed by atoms with Crippen molar-refractivity contribution in [2.75, 3.05) is 29.6 Å². The molecule has 5 heteroatoms. The molecule has 0 unspecified atom stereocenters. The second-order valence-corrected chi connectivity index (χ2v) is 5.43. The number of anilines is 2. The number of hydrogen-bond acceptors (Lipinski definition) is 4.